The van der Waals surface area contributed by atoms with E-state index in [0.717, 1.165) is 5.57 Å². The van der Waals surface area contributed by atoms with Gasteiger partial charge in [0.1, 0.15) is 18.3 Å². The molecule has 1 N–H and O–H groups in total. The smallest absolute Gasteiger partial charge is 0.342 e. The van der Waals surface area contributed by atoms with E-state index in [9.17, 15) is 24.3 Å². The highest BCUT2D eigenvalue weighted by atomic mass is 16.7. The first-order valence-corrected chi connectivity index (χ1v) is 13.5. The van der Waals surface area contributed by atoms with Crippen LogP contribution in [0, 0.1) is 17.3 Å². The Kier molecular flexibility index (Phi) is 7.46. The van der Waals surface area contributed by atoms with E-state index in [1.807, 2.05) is 33.8 Å². The van der Waals surface area contributed by atoms with Gasteiger partial charge in [0.2, 0.25) is 0 Å². The van der Waals surface area contributed by atoms with Crippen LogP contribution in [0.3, 0.4) is 0 Å². The number of ether oxygens (including phenoxy) is 5. The van der Waals surface area contributed by atoms with Gasteiger partial charge in [-0.2, -0.15) is 0 Å². The van der Waals surface area contributed by atoms with Gasteiger partial charge in [-0.1, -0.05) is 26.3 Å². The third-order valence-corrected chi connectivity index (χ3v) is 9.17. The third-order valence-electron chi connectivity index (χ3n) is 9.17. The van der Waals surface area contributed by atoms with Crippen molar-refractivity contribution in [3.05, 3.63) is 11.6 Å². The zero-order valence-corrected chi connectivity index (χ0v) is 23.3. The first kappa shape index (κ1) is 28.5. The largest absolute Gasteiger partial charge is 0.462 e. The second kappa shape index (κ2) is 9.93. The molecule has 0 radical (unpaired) electrons. The van der Waals surface area contributed by atoms with E-state index in [1.165, 1.54) is 13.8 Å². The van der Waals surface area contributed by atoms with Crippen molar-refractivity contribution >= 4 is 23.9 Å². The van der Waals surface area contributed by atoms with Gasteiger partial charge in [-0.25, -0.2) is 4.79 Å². The highest BCUT2D eigenvalue weighted by Crippen LogP contribution is 2.65. The molecule has 2 aliphatic heterocycles. The lowest BCUT2D eigenvalue weighted by atomic mass is 9.53. The molecule has 2 aliphatic carbocycles. The van der Waals surface area contributed by atoms with E-state index in [1.54, 1.807) is 6.92 Å². The van der Waals surface area contributed by atoms with Gasteiger partial charge >= 0.3 is 23.9 Å². The van der Waals surface area contributed by atoms with Crippen molar-refractivity contribution < 1.29 is 48.0 Å². The molecule has 2 heterocycles. The van der Waals surface area contributed by atoms with Crippen molar-refractivity contribution in [1.29, 1.82) is 0 Å². The molecule has 1 saturated carbocycles. The number of esters is 4. The molecule has 10 atom stereocenters. The summed E-state index contributed by atoms with van der Waals surface area (Å²) in [5.41, 5.74) is -2.95. The van der Waals surface area contributed by atoms with Gasteiger partial charge in [0.05, 0.1) is 6.10 Å². The predicted octanol–water partition coefficient (Wildman–Crippen LogP) is 2.78. The molecule has 10 heteroatoms. The number of aliphatic hydroxyl groups is 1. The molecular formula is C28H40O10. The van der Waals surface area contributed by atoms with Gasteiger partial charge in [0, 0.05) is 38.0 Å². The van der Waals surface area contributed by atoms with Crippen LogP contribution in [-0.2, 0) is 42.9 Å². The van der Waals surface area contributed by atoms with Crippen LogP contribution in [0.2, 0.25) is 0 Å². The number of aliphatic hydroxyl groups excluding tert-OH is 1. The van der Waals surface area contributed by atoms with E-state index in [0.29, 0.717) is 19.3 Å². The molecule has 0 aromatic heterocycles. The van der Waals surface area contributed by atoms with Crippen molar-refractivity contribution in [2.45, 2.75) is 122 Å². The summed E-state index contributed by atoms with van der Waals surface area (Å²) in [5.74, 6) is -3.33. The predicted molar refractivity (Wildman–Crippen MR) is 132 cm³/mol. The second-order valence-electron chi connectivity index (χ2n) is 11.7. The summed E-state index contributed by atoms with van der Waals surface area (Å²) >= 11 is 0. The average Bonchev–Trinajstić information content (AvgIpc) is 3.40. The van der Waals surface area contributed by atoms with Crippen molar-refractivity contribution in [3.8, 4) is 0 Å². The van der Waals surface area contributed by atoms with Crippen LogP contribution in [0.25, 0.3) is 0 Å². The molecule has 0 aromatic carbocycles. The Labute approximate surface area is 223 Å². The number of fused-ring (bicyclic) bond motifs is 1. The molecule has 1 spiro atoms. The lowest BCUT2D eigenvalue weighted by Gasteiger charge is -2.56. The van der Waals surface area contributed by atoms with E-state index in [-0.39, 0.29) is 18.8 Å². The average molecular weight is 537 g/mol. The lowest BCUT2D eigenvalue weighted by Crippen LogP contribution is -2.66. The van der Waals surface area contributed by atoms with Crippen LogP contribution in [0.15, 0.2) is 11.6 Å². The quantitative estimate of drug-likeness (QED) is 0.242. The number of carbonyl (C=O) groups is 4. The lowest BCUT2D eigenvalue weighted by molar-refractivity contribution is -0.232. The molecule has 2 saturated heterocycles. The Morgan fingerprint density at radius 3 is 2.34 bits per heavy atom. The Balaban J connectivity index is 1.96. The van der Waals surface area contributed by atoms with Crippen molar-refractivity contribution in [2.24, 2.45) is 17.3 Å². The van der Waals surface area contributed by atoms with Gasteiger partial charge in [-0.15, -0.1) is 0 Å². The van der Waals surface area contributed by atoms with E-state index < -0.39 is 76.9 Å². The molecule has 4 aliphatic rings. The standard InChI is InChI=1S/C28H40O10/c1-8-9-22(32)36-19-11-10-14(2)12-21-28(27(7,38-28)25(33)37-21)24(35-17(5)30)23-15(3)18(31)13-20(26(19,23)6)34-16(4)29/h12,15,18-21,23-24,31H,8-11,13H2,1-7H3/b14-12-/t15-,18+,19+,20-,21-,23+,24+,26-,27?,28-/m0/s1. The molecule has 0 amide bonds. The van der Waals surface area contributed by atoms with Crippen molar-refractivity contribution in [2.75, 3.05) is 0 Å². The number of epoxide rings is 1. The summed E-state index contributed by atoms with van der Waals surface area (Å²) in [6.45, 7) is 11.6. The van der Waals surface area contributed by atoms with Gasteiger partial charge in [0.25, 0.3) is 0 Å². The molecule has 38 heavy (non-hydrogen) atoms. The topological polar surface area (TPSA) is 138 Å². The Bertz CT molecular complexity index is 1040. The van der Waals surface area contributed by atoms with Crippen LogP contribution < -0.4 is 0 Å². The zero-order valence-electron chi connectivity index (χ0n) is 23.3. The molecule has 212 valence electrons. The first-order chi connectivity index (χ1) is 17.7. The monoisotopic (exact) mass is 536 g/mol. The molecule has 0 bridgehead atoms. The minimum absolute atomic E-state index is 0.112. The van der Waals surface area contributed by atoms with Crippen LogP contribution >= 0.6 is 0 Å². The number of rotatable bonds is 5. The number of allylic oxidation sites excluding steroid dienone is 1. The fourth-order valence-electron chi connectivity index (χ4n) is 7.14. The maximum atomic E-state index is 13.0. The van der Waals surface area contributed by atoms with Gasteiger partial charge < -0.3 is 28.8 Å². The zero-order chi connectivity index (χ0) is 28.2. The van der Waals surface area contributed by atoms with Gasteiger partial charge in [-0.3, -0.25) is 14.4 Å². The number of hydrogen-bond donors (Lipinski definition) is 1. The number of carbonyl (C=O) groups excluding carboxylic acids is 4. The summed E-state index contributed by atoms with van der Waals surface area (Å²) in [4.78, 5) is 50.8. The fourth-order valence-corrected chi connectivity index (χ4v) is 7.14. The Hall–Kier alpha value is -2.46. The summed E-state index contributed by atoms with van der Waals surface area (Å²) in [6, 6.07) is 0. The van der Waals surface area contributed by atoms with Gasteiger partial charge in [-0.05, 0) is 45.1 Å². The third kappa shape index (κ3) is 4.33. The maximum absolute atomic E-state index is 13.0. The molecular weight excluding hydrogens is 496 g/mol. The van der Waals surface area contributed by atoms with E-state index >= 15 is 0 Å². The molecule has 10 nitrogen and oxygen atoms in total. The van der Waals surface area contributed by atoms with Crippen molar-refractivity contribution in [1.82, 2.24) is 0 Å². The van der Waals surface area contributed by atoms with Crippen LogP contribution in [0.4, 0.5) is 0 Å². The first-order valence-electron chi connectivity index (χ1n) is 13.5. The summed E-state index contributed by atoms with van der Waals surface area (Å²) in [7, 11) is 0. The molecule has 4 rings (SSSR count). The minimum Gasteiger partial charge on any atom is -0.462 e. The molecule has 3 fully saturated rings. The van der Waals surface area contributed by atoms with Gasteiger partial charge in [0.15, 0.2) is 17.3 Å². The van der Waals surface area contributed by atoms with E-state index in [4.69, 9.17) is 23.7 Å². The highest BCUT2D eigenvalue weighted by Gasteiger charge is 2.87. The van der Waals surface area contributed by atoms with Crippen molar-refractivity contribution in [3.63, 3.8) is 0 Å². The summed E-state index contributed by atoms with van der Waals surface area (Å²) < 4.78 is 29.9. The normalized spacial score (nSPS) is 45.2. The molecule has 1 unspecified atom stereocenters. The number of hydrogen-bond acceptors (Lipinski definition) is 10. The molecule has 0 aromatic rings. The Morgan fingerprint density at radius 2 is 1.76 bits per heavy atom. The van der Waals surface area contributed by atoms with E-state index in [2.05, 4.69) is 0 Å². The van der Waals surface area contributed by atoms with Crippen LogP contribution in [-0.4, -0.2) is 70.7 Å². The van der Waals surface area contributed by atoms with Crippen LogP contribution in [0.1, 0.15) is 80.6 Å². The minimum atomic E-state index is -1.37. The summed E-state index contributed by atoms with van der Waals surface area (Å²) in [5, 5.41) is 11.2. The fraction of sp³-hybridized carbons (Fsp3) is 0.786. The second-order valence-corrected chi connectivity index (χ2v) is 11.7. The summed E-state index contributed by atoms with van der Waals surface area (Å²) in [6.07, 6.45) is -0.812. The van der Waals surface area contributed by atoms with Crippen LogP contribution in [0.5, 0.6) is 0 Å². The maximum Gasteiger partial charge on any atom is 0.342 e. The SMILES string of the molecule is CCCC(=O)O[C@@H]1CC/C(C)=C\[C@@H]2OC(=O)C3(C)O[C@]23[C@H](OC(C)=O)[C@H]2[C@@H](C)[C@H](O)C[C@H](OC(C)=O)[C@@]21C. The Morgan fingerprint density at radius 1 is 1.11 bits per heavy atom. The highest BCUT2D eigenvalue weighted by molar-refractivity contribution is 5.89.